The molecule has 150 valence electrons. The van der Waals surface area contributed by atoms with Crippen LogP contribution in [0.1, 0.15) is 15.9 Å². The maximum absolute atomic E-state index is 13.4. The molecule has 0 saturated heterocycles. The zero-order valence-electron chi connectivity index (χ0n) is 15.9. The predicted molar refractivity (Wildman–Crippen MR) is 106 cm³/mol. The second-order valence-corrected chi connectivity index (χ2v) is 6.08. The van der Waals surface area contributed by atoms with Gasteiger partial charge in [-0.15, -0.1) is 0 Å². The number of halogens is 1. The van der Waals surface area contributed by atoms with Gasteiger partial charge in [-0.3, -0.25) is 4.79 Å². The molecule has 29 heavy (non-hydrogen) atoms. The van der Waals surface area contributed by atoms with Crippen LogP contribution in [0.5, 0.6) is 17.4 Å². The van der Waals surface area contributed by atoms with Gasteiger partial charge in [-0.25, -0.2) is 9.37 Å². The Morgan fingerprint density at radius 1 is 1.03 bits per heavy atom. The zero-order chi connectivity index (χ0) is 20.5. The molecule has 3 rings (SSSR count). The third-order valence-corrected chi connectivity index (χ3v) is 3.95. The van der Waals surface area contributed by atoms with Crippen molar-refractivity contribution in [3.8, 4) is 17.4 Å². The fraction of sp³-hybridized carbons (Fsp3) is 0.182. The molecule has 0 saturated carbocycles. The lowest BCUT2D eigenvalue weighted by molar-refractivity contribution is 0.0950. The van der Waals surface area contributed by atoms with Crippen molar-refractivity contribution in [2.45, 2.75) is 6.54 Å². The molecule has 6 nitrogen and oxygen atoms in total. The third kappa shape index (κ3) is 6.02. The van der Waals surface area contributed by atoms with Crippen LogP contribution in [0.4, 0.5) is 4.39 Å². The number of rotatable bonds is 9. The molecule has 0 spiro atoms. The van der Waals surface area contributed by atoms with Crippen molar-refractivity contribution in [3.05, 3.63) is 83.8 Å². The summed E-state index contributed by atoms with van der Waals surface area (Å²) in [4.78, 5) is 16.7. The van der Waals surface area contributed by atoms with Gasteiger partial charge in [0.05, 0.1) is 6.61 Å². The molecule has 0 fully saturated rings. The number of nitrogens with zero attached hydrogens (tertiary/aromatic N) is 1. The summed E-state index contributed by atoms with van der Waals surface area (Å²) >= 11 is 0. The van der Waals surface area contributed by atoms with E-state index in [0.717, 1.165) is 0 Å². The van der Waals surface area contributed by atoms with Gasteiger partial charge in [0.15, 0.2) is 0 Å². The van der Waals surface area contributed by atoms with Crippen LogP contribution in [-0.2, 0) is 11.3 Å². The van der Waals surface area contributed by atoms with Gasteiger partial charge >= 0.3 is 0 Å². The van der Waals surface area contributed by atoms with Gasteiger partial charge in [-0.05, 0) is 36.4 Å². The van der Waals surface area contributed by atoms with Gasteiger partial charge in [-0.1, -0.05) is 18.2 Å². The second-order valence-electron chi connectivity index (χ2n) is 6.08. The summed E-state index contributed by atoms with van der Waals surface area (Å²) in [5.41, 5.74) is 1.13. The van der Waals surface area contributed by atoms with E-state index in [0.29, 0.717) is 41.7 Å². The Labute approximate surface area is 168 Å². The van der Waals surface area contributed by atoms with E-state index < -0.39 is 5.82 Å². The van der Waals surface area contributed by atoms with E-state index >= 15 is 0 Å². The van der Waals surface area contributed by atoms with E-state index in [1.807, 2.05) is 0 Å². The van der Waals surface area contributed by atoms with Crippen molar-refractivity contribution in [3.63, 3.8) is 0 Å². The summed E-state index contributed by atoms with van der Waals surface area (Å²) in [5, 5.41) is 2.83. The lowest BCUT2D eigenvalue weighted by Crippen LogP contribution is -2.23. The molecule has 0 aliphatic heterocycles. The van der Waals surface area contributed by atoms with E-state index in [2.05, 4.69) is 10.3 Å². The van der Waals surface area contributed by atoms with E-state index in [1.54, 1.807) is 61.8 Å². The van der Waals surface area contributed by atoms with Gasteiger partial charge in [0.2, 0.25) is 5.88 Å². The number of hydrogen-bond acceptors (Lipinski definition) is 5. The van der Waals surface area contributed by atoms with Gasteiger partial charge in [0.25, 0.3) is 5.91 Å². The average Bonchev–Trinajstić information content (AvgIpc) is 2.73. The predicted octanol–water partition coefficient (Wildman–Crippen LogP) is 3.97. The number of aromatic nitrogens is 1. The Kier molecular flexibility index (Phi) is 7.13. The topological polar surface area (TPSA) is 69.7 Å². The summed E-state index contributed by atoms with van der Waals surface area (Å²) in [5.74, 6) is 0.557. The summed E-state index contributed by atoms with van der Waals surface area (Å²) in [6, 6.07) is 16.2. The lowest BCUT2D eigenvalue weighted by atomic mass is 10.2. The Bertz CT molecular complexity index is 965. The monoisotopic (exact) mass is 396 g/mol. The highest BCUT2D eigenvalue weighted by atomic mass is 19.1. The first-order valence-electron chi connectivity index (χ1n) is 9.03. The minimum atomic E-state index is -0.402. The molecule has 1 heterocycles. The van der Waals surface area contributed by atoms with E-state index in [1.165, 1.54) is 12.1 Å². The van der Waals surface area contributed by atoms with Crippen molar-refractivity contribution in [2.75, 3.05) is 20.3 Å². The normalized spacial score (nSPS) is 10.4. The van der Waals surface area contributed by atoms with Crippen LogP contribution in [0.15, 0.2) is 66.9 Å². The van der Waals surface area contributed by atoms with Crippen molar-refractivity contribution in [1.82, 2.24) is 10.3 Å². The van der Waals surface area contributed by atoms with Gasteiger partial charge < -0.3 is 19.5 Å². The summed E-state index contributed by atoms with van der Waals surface area (Å²) in [7, 11) is 1.60. The van der Waals surface area contributed by atoms with Crippen LogP contribution in [0.25, 0.3) is 0 Å². The molecule has 0 bridgehead atoms. The first-order valence-corrected chi connectivity index (χ1v) is 9.03. The Balaban J connectivity index is 1.64. The van der Waals surface area contributed by atoms with Gasteiger partial charge in [0, 0.05) is 37.0 Å². The minimum absolute atomic E-state index is 0.200. The molecule has 1 amide bonds. The molecule has 1 aromatic heterocycles. The van der Waals surface area contributed by atoms with Crippen LogP contribution >= 0.6 is 0 Å². The first kappa shape index (κ1) is 20.3. The molecule has 0 radical (unpaired) electrons. The molecule has 1 N–H and O–H groups in total. The van der Waals surface area contributed by atoms with E-state index in [-0.39, 0.29) is 12.5 Å². The number of hydrogen-bond donors (Lipinski definition) is 1. The highest BCUT2D eigenvalue weighted by molar-refractivity contribution is 5.94. The summed E-state index contributed by atoms with van der Waals surface area (Å²) in [6.07, 6.45) is 1.57. The van der Waals surface area contributed by atoms with Crippen molar-refractivity contribution < 1.29 is 23.4 Å². The SMILES string of the molecule is COCCOc1cccc(C(=O)NCc2cccnc2Oc2cccc(F)c2)c1. The smallest absolute Gasteiger partial charge is 0.251 e. The van der Waals surface area contributed by atoms with Gasteiger partial charge in [-0.2, -0.15) is 0 Å². The number of carbonyl (C=O) groups is 1. The third-order valence-electron chi connectivity index (χ3n) is 3.95. The zero-order valence-corrected chi connectivity index (χ0v) is 15.9. The van der Waals surface area contributed by atoms with Crippen molar-refractivity contribution in [1.29, 1.82) is 0 Å². The average molecular weight is 396 g/mol. The van der Waals surface area contributed by atoms with Crippen LogP contribution in [0, 0.1) is 5.82 Å². The minimum Gasteiger partial charge on any atom is -0.491 e. The highest BCUT2D eigenvalue weighted by Gasteiger charge is 2.11. The van der Waals surface area contributed by atoms with E-state index in [4.69, 9.17) is 14.2 Å². The quantitative estimate of drug-likeness (QED) is 0.554. The Morgan fingerprint density at radius 2 is 1.86 bits per heavy atom. The first-order chi connectivity index (χ1) is 14.2. The number of ether oxygens (including phenoxy) is 3. The van der Waals surface area contributed by atoms with E-state index in [9.17, 15) is 9.18 Å². The number of methoxy groups -OCH3 is 1. The van der Waals surface area contributed by atoms with Crippen LogP contribution in [0.3, 0.4) is 0 Å². The molecule has 0 aliphatic carbocycles. The number of carbonyl (C=O) groups excluding carboxylic acids is 1. The lowest BCUT2D eigenvalue weighted by Gasteiger charge is -2.11. The number of benzene rings is 2. The van der Waals surface area contributed by atoms with Crippen molar-refractivity contribution in [2.24, 2.45) is 0 Å². The molecule has 7 heteroatoms. The Hall–Kier alpha value is -3.45. The fourth-order valence-electron chi connectivity index (χ4n) is 2.54. The molecule has 3 aromatic rings. The standard InChI is InChI=1S/C22H21FN2O4/c1-27-11-12-28-19-8-2-5-16(13-19)21(26)25-15-17-6-4-10-24-22(17)29-20-9-3-7-18(23)14-20/h2-10,13-14H,11-12,15H2,1H3,(H,25,26). The van der Waals surface area contributed by atoms with Crippen LogP contribution in [-0.4, -0.2) is 31.2 Å². The van der Waals surface area contributed by atoms with Crippen LogP contribution < -0.4 is 14.8 Å². The Morgan fingerprint density at radius 3 is 2.69 bits per heavy atom. The molecule has 0 unspecified atom stereocenters. The highest BCUT2D eigenvalue weighted by Crippen LogP contribution is 2.23. The second kappa shape index (κ2) is 10.2. The number of amides is 1. The molecular weight excluding hydrogens is 375 g/mol. The molecular formula is C22H21FN2O4. The number of pyridine rings is 1. The maximum Gasteiger partial charge on any atom is 0.251 e. The summed E-state index contributed by atoms with van der Waals surface area (Å²) in [6.45, 7) is 1.07. The largest absolute Gasteiger partial charge is 0.491 e. The maximum atomic E-state index is 13.4. The molecule has 2 aromatic carbocycles. The van der Waals surface area contributed by atoms with Crippen LogP contribution in [0.2, 0.25) is 0 Å². The summed E-state index contributed by atoms with van der Waals surface area (Å²) < 4.78 is 29.5. The molecule has 0 atom stereocenters. The van der Waals surface area contributed by atoms with Gasteiger partial charge in [0.1, 0.15) is 23.9 Å². The molecule has 0 aliphatic rings. The fourth-order valence-corrected chi connectivity index (χ4v) is 2.54. The number of nitrogens with one attached hydrogen (secondary N) is 1. The van der Waals surface area contributed by atoms with Crippen molar-refractivity contribution >= 4 is 5.91 Å².